The molecule has 0 bridgehead atoms. The maximum atomic E-state index is 12.6. The molecule has 1 aromatic rings. The van der Waals surface area contributed by atoms with Gasteiger partial charge in [-0.15, -0.1) is 0 Å². The summed E-state index contributed by atoms with van der Waals surface area (Å²) in [6, 6.07) is 5.50. The molecular formula is C32H52N4O11. The highest BCUT2D eigenvalue weighted by atomic mass is 16.5. The number of esters is 1. The van der Waals surface area contributed by atoms with Crippen molar-refractivity contribution >= 4 is 23.9 Å². The first-order valence-corrected chi connectivity index (χ1v) is 16.1. The molecule has 0 radical (unpaired) electrons. The average Bonchev–Trinajstić information content (AvgIpc) is 3.03. The van der Waals surface area contributed by atoms with Crippen molar-refractivity contribution in [1.82, 2.24) is 19.6 Å². The lowest BCUT2D eigenvalue weighted by Gasteiger charge is -2.37. The Kier molecular flexibility index (Phi) is 18.9. The molecule has 15 nitrogen and oxygen atoms in total. The molecular weight excluding hydrogens is 616 g/mol. The van der Waals surface area contributed by atoms with E-state index in [0.29, 0.717) is 71.4 Å². The molecule has 0 aromatic heterocycles. The van der Waals surface area contributed by atoms with Gasteiger partial charge in [0.15, 0.2) is 0 Å². The van der Waals surface area contributed by atoms with Crippen molar-refractivity contribution in [2.75, 3.05) is 106 Å². The van der Waals surface area contributed by atoms with Crippen LogP contribution < -0.4 is 4.74 Å². The van der Waals surface area contributed by atoms with Gasteiger partial charge >= 0.3 is 23.9 Å². The minimum Gasteiger partial charge on any atom is -0.491 e. The number of hydrogen-bond acceptors (Lipinski definition) is 12. The van der Waals surface area contributed by atoms with Crippen LogP contribution in [0.4, 0.5) is 0 Å². The van der Waals surface area contributed by atoms with E-state index in [1.165, 1.54) is 7.11 Å². The van der Waals surface area contributed by atoms with Gasteiger partial charge in [0.2, 0.25) is 0 Å². The Bertz CT molecular complexity index is 1090. The van der Waals surface area contributed by atoms with Gasteiger partial charge in [0.05, 0.1) is 40.0 Å². The van der Waals surface area contributed by atoms with Gasteiger partial charge in [-0.2, -0.15) is 0 Å². The fourth-order valence-electron chi connectivity index (χ4n) is 5.39. The molecule has 2 unspecified atom stereocenters. The maximum Gasteiger partial charge on any atom is 0.321 e. The number of carbonyl (C=O) groups is 4. The van der Waals surface area contributed by atoms with Crippen molar-refractivity contribution < 1.29 is 53.4 Å². The molecule has 0 aliphatic carbocycles. The molecule has 2 rings (SSSR count). The minimum atomic E-state index is -1.03. The van der Waals surface area contributed by atoms with E-state index in [2.05, 4.69) is 0 Å². The van der Waals surface area contributed by atoms with Crippen LogP contribution in [0, 0.1) is 0 Å². The lowest BCUT2D eigenvalue weighted by atomic mass is 10.0. The van der Waals surface area contributed by atoms with Crippen LogP contribution in [0.2, 0.25) is 0 Å². The van der Waals surface area contributed by atoms with Gasteiger partial charge < -0.3 is 34.3 Å². The molecule has 1 fully saturated rings. The second-order valence-corrected chi connectivity index (χ2v) is 11.2. The Morgan fingerprint density at radius 1 is 0.702 bits per heavy atom. The Balaban J connectivity index is 2.20. The van der Waals surface area contributed by atoms with E-state index in [1.54, 1.807) is 33.8 Å². The highest BCUT2D eigenvalue weighted by Crippen LogP contribution is 2.17. The van der Waals surface area contributed by atoms with Gasteiger partial charge in [-0.3, -0.25) is 38.8 Å². The number of hydrogen-bond donors (Lipinski definition) is 3. The summed E-state index contributed by atoms with van der Waals surface area (Å²) < 4.78 is 21.3. The lowest BCUT2D eigenvalue weighted by molar-refractivity contribution is -0.146. The number of aliphatic carboxylic acids is 3. The highest BCUT2D eigenvalue weighted by molar-refractivity contribution is 5.74. The summed E-state index contributed by atoms with van der Waals surface area (Å²) >= 11 is 0. The molecule has 1 aliphatic rings. The molecule has 1 aromatic carbocycles. The first-order chi connectivity index (χ1) is 22.6. The quantitative estimate of drug-likeness (QED) is 0.137. The third kappa shape index (κ3) is 15.4. The van der Waals surface area contributed by atoms with Crippen molar-refractivity contribution in [2.24, 2.45) is 0 Å². The van der Waals surface area contributed by atoms with Gasteiger partial charge in [0, 0.05) is 59.0 Å². The SMILES string of the molecule is CCOCCOCCOc1ccc(CC(C(=O)O)N2CCN(CC(=O)O)CCN(C(CC)C(=O)O)CCN(CC(=O)OC)CC2)cc1. The summed E-state index contributed by atoms with van der Waals surface area (Å²) in [5.74, 6) is -2.85. The van der Waals surface area contributed by atoms with Crippen molar-refractivity contribution in [3.63, 3.8) is 0 Å². The van der Waals surface area contributed by atoms with Crippen LogP contribution in [-0.4, -0.2) is 176 Å². The third-order valence-corrected chi connectivity index (χ3v) is 8.02. The summed E-state index contributed by atoms with van der Waals surface area (Å²) in [6.07, 6.45) is 0.548. The summed E-state index contributed by atoms with van der Waals surface area (Å²) in [5, 5.41) is 29.7. The second kappa shape index (κ2) is 22.3. The molecule has 0 saturated carbocycles. The van der Waals surface area contributed by atoms with E-state index in [9.17, 15) is 34.5 Å². The molecule has 1 aliphatic heterocycles. The van der Waals surface area contributed by atoms with E-state index < -0.39 is 36.0 Å². The van der Waals surface area contributed by atoms with Crippen molar-refractivity contribution in [3.05, 3.63) is 29.8 Å². The van der Waals surface area contributed by atoms with Gasteiger partial charge in [-0.1, -0.05) is 19.1 Å². The smallest absolute Gasteiger partial charge is 0.321 e. The first-order valence-electron chi connectivity index (χ1n) is 16.1. The number of carboxylic acid groups (broad SMARTS) is 3. The summed E-state index contributed by atoms with van der Waals surface area (Å²) in [4.78, 5) is 55.7. The molecule has 2 atom stereocenters. The number of carbonyl (C=O) groups excluding carboxylic acids is 1. The predicted molar refractivity (Wildman–Crippen MR) is 172 cm³/mol. The van der Waals surface area contributed by atoms with Crippen LogP contribution in [0.15, 0.2) is 24.3 Å². The van der Waals surface area contributed by atoms with Crippen LogP contribution in [0.25, 0.3) is 0 Å². The molecule has 1 saturated heterocycles. The highest BCUT2D eigenvalue weighted by Gasteiger charge is 2.30. The van der Waals surface area contributed by atoms with Crippen molar-refractivity contribution in [2.45, 2.75) is 38.8 Å². The minimum absolute atomic E-state index is 0.0378. The normalized spacial score (nSPS) is 17.6. The number of benzene rings is 1. The van der Waals surface area contributed by atoms with Crippen molar-refractivity contribution in [3.8, 4) is 5.75 Å². The zero-order valence-electron chi connectivity index (χ0n) is 27.9. The van der Waals surface area contributed by atoms with Crippen LogP contribution in [0.3, 0.4) is 0 Å². The molecule has 0 amide bonds. The van der Waals surface area contributed by atoms with Gasteiger partial charge in [0.25, 0.3) is 0 Å². The Labute approximate surface area is 276 Å². The van der Waals surface area contributed by atoms with Gasteiger partial charge in [-0.05, 0) is 37.5 Å². The van der Waals surface area contributed by atoms with Crippen LogP contribution in [0.1, 0.15) is 25.8 Å². The molecule has 0 spiro atoms. The third-order valence-electron chi connectivity index (χ3n) is 8.02. The Morgan fingerprint density at radius 2 is 1.21 bits per heavy atom. The average molecular weight is 669 g/mol. The largest absolute Gasteiger partial charge is 0.491 e. The molecule has 47 heavy (non-hydrogen) atoms. The standard InChI is InChI=1S/C32H52N4O11/c1-4-27(31(40)41)35-14-10-33(23-29(37)38)11-16-36(17-13-34(12-15-35)24-30(39)44-3)28(32(42)43)22-25-6-8-26(9-7-25)47-21-20-46-19-18-45-5-2/h6-9,27-28H,4-5,10-24H2,1-3H3,(H,37,38)(H,40,41)(H,42,43). The fraction of sp³-hybridized carbons (Fsp3) is 0.688. The number of carboxylic acids is 3. The van der Waals surface area contributed by atoms with E-state index in [0.717, 1.165) is 5.56 Å². The van der Waals surface area contributed by atoms with Crippen LogP contribution in [-0.2, 0) is 39.8 Å². The number of nitrogens with zero attached hydrogens (tertiary/aromatic N) is 4. The summed E-state index contributed by atoms with van der Waals surface area (Å²) in [7, 11) is 1.29. The van der Waals surface area contributed by atoms with E-state index in [-0.39, 0.29) is 45.7 Å². The molecule has 3 N–H and O–H groups in total. The monoisotopic (exact) mass is 668 g/mol. The second-order valence-electron chi connectivity index (χ2n) is 11.2. The zero-order chi connectivity index (χ0) is 34.6. The predicted octanol–water partition coefficient (Wildman–Crippen LogP) is 0.457. The topological polar surface area (TPSA) is 179 Å². The van der Waals surface area contributed by atoms with Crippen molar-refractivity contribution in [1.29, 1.82) is 0 Å². The molecule has 1 heterocycles. The zero-order valence-corrected chi connectivity index (χ0v) is 27.9. The van der Waals surface area contributed by atoms with Gasteiger partial charge in [0.1, 0.15) is 24.4 Å². The Morgan fingerprint density at radius 3 is 1.70 bits per heavy atom. The lowest BCUT2D eigenvalue weighted by Crippen LogP contribution is -2.53. The first kappa shape index (κ1) is 39.8. The Hall–Kier alpha value is -3.34. The number of rotatable bonds is 19. The molecule has 266 valence electrons. The van der Waals surface area contributed by atoms with E-state index >= 15 is 0 Å². The fourth-order valence-corrected chi connectivity index (χ4v) is 5.39. The van der Waals surface area contributed by atoms with E-state index in [1.807, 2.05) is 24.0 Å². The number of methoxy groups -OCH3 is 1. The summed E-state index contributed by atoms with van der Waals surface area (Å²) in [6.45, 7) is 8.13. The van der Waals surface area contributed by atoms with Crippen LogP contribution in [0.5, 0.6) is 5.75 Å². The number of ether oxygens (including phenoxy) is 4. The molecule has 15 heteroatoms. The summed E-state index contributed by atoms with van der Waals surface area (Å²) in [5.41, 5.74) is 0.785. The van der Waals surface area contributed by atoms with Gasteiger partial charge in [-0.25, -0.2) is 0 Å². The maximum absolute atomic E-state index is 12.6. The van der Waals surface area contributed by atoms with E-state index in [4.69, 9.17) is 18.9 Å². The van der Waals surface area contributed by atoms with Crippen LogP contribution >= 0.6 is 0 Å².